The summed E-state index contributed by atoms with van der Waals surface area (Å²) in [5, 5.41) is 0. The van der Waals surface area contributed by atoms with Crippen LogP contribution >= 0.6 is 0 Å². The lowest BCUT2D eigenvalue weighted by atomic mass is 9.98. The molecule has 3 heterocycles. The number of carbonyl (C=O) groups excluding carboxylic acids is 1. The Morgan fingerprint density at radius 3 is 2.75 bits per heavy atom. The molecule has 3 rings (SSSR count). The third-order valence-electron chi connectivity index (χ3n) is 4.12. The van der Waals surface area contributed by atoms with Crippen molar-refractivity contribution in [3.63, 3.8) is 0 Å². The highest BCUT2D eigenvalue weighted by Crippen LogP contribution is 2.23. The Morgan fingerprint density at radius 2 is 2.08 bits per heavy atom. The van der Waals surface area contributed by atoms with Crippen molar-refractivity contribution < 1.29 is 13.9 Å². The number of primary amides is 1. The molecule has 1 saturated heterocycles. The third-order valence-corrected chi connectivity index (χ3v) is 4.12. The highest BCUT2D eigenvalue weighted by molar-refractivity contribution is 5.91. The van der Waals surface area contributed by atoms with Crippen LogP contribution in [-0.4, -0.2) is 35.6 Å². The minimum Gasteiger partial charge on any atom is -0.493 e. The fraction of sp³-hybridized carbons (Fsp3) is 0.353. The average molecular weight is 330 g/mol. The first-order valence-corrected chi connectivity index (χ1v) is 7.87. The van der Waals surface area contributed by atoms with E-state index < -0.39 is 5.91 Å². The second kappa shape index (κ2) is 7.25. The fourth-order valence-electron chi connectivity index (χ4n) is 2.73. The zero-order chi connectivity index (χ0) is 16.9. The molecular formula is C17H19FN4O2. The largest absolute Gasteiger partial charge is 0.493 e. The highest BCUT2D eigenvalue weighted by atomic mass is 19.1. The van der Waals surface area contributed by atoms with Gasteiger partial charge in [0.1, 0.15) is 23.1 Å². The van der Waals surface area contributed by atoms with Gasteiger partial charge in [-0.05, 0) is 37.0 Å². The summed E-state index contributed by atoms with van der Waals surface area (Å²) in [6.45, 7) is 2.29. The molecule has 2 aromatic rings. The SMILES string of the molecule is NC(=O)c1cc(OCC2CCN(c3ccc(F)cn3)CC2)ccn1. The Morgan fingerprint density at radius 1 is 1.29 bits per heavy atom. The molecule has 0 aliphatic carbocycles. The Bertz CT molecular complexity index is 700. The average Bonchev–Trinajstić information content (AvgIpc) is 2.61. The monoisotopic (exact) mass is 330 g/mol. The quantitative estimate of drug-likeness (QED) is 0.907. The van der Waals surface area contributed by atoms with Crippen LogP contribution in [0.25, 0.3) is 0 Å². The summed E-state index contributed by atoms with van der Waals surface area (Å²) >= 11 is 0. The number of ether oxygens (including phenoxy) is 1. The van der Waals surface area contributed by atoms with Gasteiger partial charge in [0.15, 0.2) is 0 Å². The number of pyridine rings is 2. The van der Waals surface area contributed by atoms with Gasteiger partial charge in [-0.2, -0.15) is 0 Å². The van der Waals surface area contributed by atoms with Crippen LogP contribution in [0.5, 0.6) is 5.75 Å². The van der Waals surface area contributed by atoms with E-state index in [1.165, 1.54) is 18.5 Å². The molecule has 6 nitrogen and oxygen atoms in total. The third kappa shape index (κ3) is 3.98. The van der Waals surface area contributed by atoms with Crippen LogP contribution < -0.4 is 15.4 Å². The van der Waals surface area contributed by atoms with Gasteiger partial charge in [0, 0.05) is 25.4 Å². The number of nitrogens with zero attached hydrogens (tertiary/aromatic N) is 3. The molecule has 0 bridgehead atoms. The molecule has 0 unspecified atom stereocenters. The summed E-state index contributed by atoms with van der Waals surface area (Å²) in [7, 11) is 0. The zero-order valence-electron chi connectivity index (χ0n) is 13.2. The van der Waals surface area contributed by atoms with Gasteiger partial charge in [-0.15, -0.1) is 0 Å². The summed E-state index contributed by atoms with van der Waals surface area (Å²) in [4.78, 5) is 21.3. The molecule has 0 spiro atoms. The van der Waals surface area contributed by atoms with Crippen molar-refractivity contribution in [1.29, 1.82) is 0 Å². The first-order chi connectivity index (χ1) is 11.6. The normalized spacial score (nSPS) is 15.3. The van der Waals surface area contributed by atoms with Crippen LogP contribution in [0.3, 0.4) is 0 Å². The number of aromatic nitrogens is 2. The molecule has 0 radical (unpaired) electrons. The van der Waals surface area contributed by atoms with Gasteiger partial charge in [-0.3, -0.25) is 9.78 Å². The van der Waals surface area contributed by atoms with E-state index in [9.17, 15) is 9.18 Å². The van der Waals surface area contributed by atoms with Crippen molar-refractivity contribution in [2.45, 2.75) is 12.8 Å². The standard InChI is InChI=1S/C17H19FN4O2/c18-13-1-2-16(21-10-13)22-7-4-12(5-8-22)11-24-14-3-6-20-15(9-14)17(19)23/h1-3,6,9-10,12H,4-5,7-8,11H2,(H2,19,23). The minimum atomic E-state index is -0.569. The van der Waals surface area contributed by atoms with E-state index in [1.807, 2.05) is 0 Å². The lowest BCUT2D eigenvalue weighted by Gasteiger charge is -2.32. The molecule has 1 amide bonds. The minimum absolute atomic E-state index is 0.199. The smallest absolute Gasteiger partial charge is 0.267 e. The van der Waals surface area contributed by atoms with Crippen LogP contribution in [-0.2, 0) is 0 Å². The number of carbonyl (C=O) groups is 1. The van der Waals surface area contributed by atoms with Crippen molar-refractivity contribution in [3.05, 3.63) is 48.2 Å². The van der Waals surface area contributed by atoms with Crippen LogP contribution in [0, 0.1) is 11.7 Å². The van der Waals surface area contributed by atoms with Crippen LogP contribution in [0.2, 0.25) is 0 Å². The van der Waals surface area contributed by atoms with E-state index in [0.717, 1.165) is 31.7 Å². The number of amides is 1. The van der Waals surface area contributed by atoms with Gasteiger partial charge in [-0.1, -0.05) is 0 Å². The van der Waals surface area contributed by atoms with Crippen LogP contribution in [0.1, 0.15) is 23.3 Å². The van der Waals surface area contributed by atoms with E-state index in [0.29, 0.717) is 18.3 Å². The Balaban J connectivity index is 1.50. The van der Waals surface area contributed by atoms with Crippen LogP contribution in [0.15, 0.2) is 36.7 Å². The van der Waals surface area contributed by atoms with E-state index in [-0.39, 0.29) is 11.5 Å². The maximum Gasteiger partial charge on any atom is 0.267 e. The van der Waals surface area contributed by atoms with Gasteiger partial charge in [0.05, 0.1) is 12.8 Å². The summed E-state index contributed by atoms with van der Waals surface area (Å²) in [6, 6.07) is 6.40. The number of halogens is 1. The predicted octanol–water partition coefficient (Wildman–Crippen LogP) is 2.01. The van der Waals surface area contributed by atoms with E-state index in [1.54, 1.807) is 18.2 Å². The number of rotatable bonds is 5. The summed E-state index contributed by atoms with van der Waals surface area (Å²) in [5.74, 6) is 0.930. The van der Waals surface area contributed by atoms with Crippen molar-refractivity contribution in [2.24, 2.45) is 11.7 Å². The number of hydrogen-bond donors (Lipinski definition) is 1. The number of piperidine rings is 1. The lowest BCUT2D eigenvalue weighted by molar-refractivity contribution is 0.0995. The molecule has 7 heteroatoms. The van der Waals surface area contributed by atoms with E-state index >= 15 is 0 Å². The molecule has 1 aliphatic rings. The Labute approximate surface area is 139 Å². The van der Waals surface area contributed by atoms with Gasteiger partial charge < -0.3 is 15.4 Å². The molecule has 126 valence electrons. The van der Waals surface area contributed by atoms with Crippen molar-refractivity contribution >= 4 is 11.7 Å². The lowest BCUT2D eigenvalue weighted by Crippen LogP contribution is -2.36. The summed E-state index contributed by atoms with van der Waals surface area (Å²) < 4.78 is 18.7. The highest BCUT2D eigenvalue weighted by Gasteiger charge is 2.20. The Hall–Kier alpha value is -2.70. The van der Waals surface area contributed by atoms with E-state index in [2.05, 4.69) is 14.9 Å². The van der Waals surface area contributed by atoms with Gasteiger partial charge in [0.25, 0.3) is 5.91 Å². The maximum absolute atomic E-state index is 12.9. The molecule has 2 aromatic heterocycles. The summed E-state index contributed by atoms with van der Waals surface area (Å²) in [6.07, 6.45) is 4.68. The zero-order valence-corrected chi connectivity index (χ0v) is 13.2. The molecule has 2 N–H and O–H groups in total. The molecule has 0 aromatic carbocycles. The molecule has 0 atom stereocenters. The predicted molar refractivity (Wildman–Crippen MR) is 87.4 cm³/mol. The van der Waals surface area contributed by atoms with E-state index in [4.69, 9.17) is 10.5 Å². The van der Waals surface area contributed by atoms with Gasteiger partial charge >= 0.3 is 0 Å². The van der Waals surface area contributed by atoms with Crippen molar-refractivity contribution in [1.82, 2.24) is 9.97 Å². The topological polar surface area (TPSA) is 81.3 Å². The van der Waals surface area contributed by atoms with Crippen LogP contribution in [0.4, 0.5) is 10.2 Å². The first kappa shape index (κ1) is 16.2. The first-order valence-electron chi connectivity index (χ1n) is 7.87. The molecule has 1 aliphatic heterocycles. The maximum atomic E-state index is 12.9. The van der Waals surface area contributed by atoms with Crippen molar-refractivity contribution in [3.8, 4) is 5.75 Å². The number of hydrogen-bond acceptors (Lipinski definition) is 5. The summed E-state index contributed by atoms with van der Waals surface area (Å²) in [5.41, 5.74) is 5.41. The second-order valence-electron chi connectivity index (χ2n) is 5.82. The Kier molecular flexibility index (Phi) is 4.88. The molecule has 0 saturated carbocycles. The molecule has 1 fully saturated rings. The fourth-order valence-corrected chi connectivity index (χ4v) is 2.73. The number of nitrogens with two attached hydrogens (primary N) is 1. The second-order valence-corrected chi connectivity index (χ2v) is 5.82. The number of anilines is 1. The van der Waals surface area contributed by atoms with Crippen molar-refractivity contribution in [2.75, 3.05) is 24.6 Å². The van der Waals surface area contributed by atoms with Gasteiger partial charge in [0.2, 0.25) is 0 Å². The molecule has 24 heavy (non-hydrogen) atoms. The molecular weight excluding hydrogens is 311 g/mol. The van der Waals surface area contributed by atoms with Gasteiger partial charge in [-0.25, -0.2) is 9.37 Å².